The molecular weight excluding hydrogens is 314 g/mol. The summed E-state index contributed by atoms with van der Waals surface area (Å²) in [4.78, 5) is 25.4. The minimum atomic E-state index is -0.152. The van der Waals surface area contributed by atoms with Crippen molar-refractivity contribution >= 4 is 10.9 Å². The van der Waals surface area contributed by atoms with Crippen molar-refractivity contribution < 1.29 is 0 Å². The summed E-state index contributed by atoms with van der Waals surface area (Å²) < 4.78 is 3.12. The number of rotatable bonds is 3. The smallest absolute Gasteiger partial charge is 0.280 e. The summed E-state index contributed by atoms with van der Waals surface area (Å²) in [5, 5.41) is 3.58. The maximum atomic E-state index is 12.9. The van der Waals surface area contributed by atoms with E-state index in [9.17, 15) is 9.59 Å². The average molecular weight is 331 g/mol. The van der Waals surface area contributed by atoms with E-state index in [2.05, 4.69) is 5.10 Å². The van der Waals surface area contributed by atoms with Crippen LogP contribution in [0.2, 0.25) is 0 Å². The number of nitrogens with one attached hydrogen (secondary N) is 1. The molecule has 0 spiro atoms. The lowest BCUT2D eigenvalue weighted by Crippen LogP contribution is -2.23. The minimum absolute atomic E-state index is 0.129. The molecule has 0 saturated heterocycles. The highest BCUT2D eigenvalue weighted by molar-refractivity contribution is 5.80. The molecule has 2 heterocycles. The fourth-order valence-corrected chi connectivity index (χ4v) is 3.13. The van der Waals surface area contributed by atoms with Crippen LogP contribution in [0.1, 0.15) is 11.3 Å². The van der Waals surface area contributed by atoms with Crippen LogP contribution in [0.25, 0.3) is 16.6 Å². The molecule has 0 aliphatic carbocycles. The maximum absolute atomic E-state index is 12.9. The molecule has 0 amide bonds. The monoisotopic (exact) mass is 331 g/mol. The summed E-state index contributed by atoms with van der Waals surface area (Å²) in [7, 11) is 0. The normalized spacial score (nSPS) is 11.1. The standard InChI is InChI=1S/C20H17N3O2/c1-14-19-17(21-23(20(19)25)16-10-6-3-7-11-16)12-18(24)22(14)13-15-8-4-2-5-9-15/h2-12,21H,13H2,1H3. The van der Waals surface area contributed by atoms with Crippen molar-refractivity contribution in [3.8, 4) is 5.69 Å². The zero-order valence-corrected chi connectivity index (χ0v) is 13.8. The number of hydrogen-bond donors (Lipinski definition) is 1. The molecule has 0 atom stereocenters. The molecule has 4 aromatic rings. The average Bonchev–Trinajstić information content (AvgIpc) is 2.96. The van der Waals surface area contributed by atoms with Gasteiger partial charge in [-0.25, -0.2) is 4.68 Å². The number of para-hydroxylation sites is 1. The van der Waals surface area contributed by atoms with E-state index < -0.39 is 0 Å². The van der Waals surface area contributed by atoms with E-state index in [-0.39, 0.29) is 11.1 Å². The van der Waals surface area contributed by atoms with Gasteiger partial charge in [-0.2, -0.15) is 0 Å². The van der Waals surface area contributed by atoms with E-state index in [4.69, 9.17) is 0 Å². The van der Waals surface area contributed by atoms with E-state index in [0.717, 1.165) is 11.3 Å². The number of fused-ring (bicyclic) bond motifs is 1. The van der Waals surface area contributed by atoms with Gasteiger partial charge in [-0.05, 0) is 24.6 Å². The second-order valence-electron chi connectivity index (χ2n) is 6.02. The molecule has 25 heavy (non-hydrogen) atoms. The van der Waals surface area contributed by atoms with Crippen LogP contribution in [0.4, 0.5) is 0 Å². The van der Waals surface area contributed by atoms with Gasteiger partial charge in [-0.1, -0.05) is 48.5 Å². The van der Waals surface area contributed by atoms with E-state index in [1.54, 1.807) is 4.57 Å². The Bertz CT molecular complexity index is 1150. The van der Waals surface area contributed by atoms with Gasteiger partial charge in [0.1, 0.15) is 0 Å². The Morgan fingerprint density at radius 1 is 0.920 bits per heavy atom. The first-order valence-electron chi connectivity index (χ1n) is 8.09. The predicted molar refractivity (Wildman–Crippen MR) is 98.4 cm³/mol. The van der Waals surface area contributed by atoms with E-state index in [0.29, 0.717) is 23.1 Å². The van der Waals surface area contributed by atoms with E-state index in [1.807, 2.05) is 67.6 Å². The number of nitrogens with zero attached hydrogens (tertiary/aromatic N) is 2. The molecule has 2 aromatic carbocycles. The van der Waals surface area contributed by atoms with Gasteiger partial charge in [0.05, 0.1) is 23.1 Å². The number of hydrogen-bond acceptors (Lipinski definition) is 2. The van der Waals surface area contributed by atoms with Crippen LogP contribution in [-0.2, 0) is 6.54 Å². The molecule has 0 bridgehead atoms. The Morgan fingerprint density at radius 3 is 2.24 bits per heavy atom. The molecule has 0 saturated carbocycles. The molecule has 5 nitrogen and oxygen atoms in total. The number of benzene rings is 2. The Hall–Kier alpha value is -3.34. The lowest BCUT2D eigenvalue weighted by atomic mass is 10.2. The fraction of sp³-hybridized carbons (Fsp3) is 0.100. The van der Waals surface area contributed by atoms with Crippen LogP contribution in [0.3, 0.4) is 0 Å². The number of H-pyrrole nitrogens is 1. The summed E-state index contributed by atoms with van der Waals surface area (Å²) in [6, 6.07) is 20.6. The molecule has 0 aliphatic rings. The third-order valence-electron chi connectivity index (χ3n) is 4.42. The first-order valence-corrected chi connectivity index (χ1v) is 8.09. The van der Waals surface area contributed by atoms with Crippen LogP contribution in [-0.4, -0.2) is 14.3 Å². The molecule has 0 fully saturated rings. The van der Waals surface area contributed by atoms with E-state index in [1.165, 1.54) is 10.7 Å². The second kappa shape index (κ2) is 5.94. The highest BCUT2D eigenvalue weighted by atomic mass is 16.1. The van der Waals surface area contributed by atoms with Gasteiger partial charge in [-0.3, -0.25) is 14.7 Å². The van der Waals surface area contributed by atoms with Gasteiger partial charge in [0, 0.05) is 11.8 Å². The summed E-state index contributed by atoms with van der Waals surface area (Å²) in [5.74, 6) is 0. The molecule has 2 aromatic heterocycles. The summed E-state index contributed by atoms with van der Waals surface area (Å²) in [5.41, 5.74) is 2.70. The quantitative estimate of drug-likeness (QED) is 0.627. The highest BCUT2D eigenvalue weighted by Crippen LogP contribution is 2.14. The number of pyridine rings is 1. The first kappa shape index (κ1) is 15.2. The van der Waals surface area contributed by atoms with Gasteiger partial charge < -0.3 is 4.57 Å². The third-order valence-corrected chi connectivity index (χ3v) is 4.42. The summed E-state index contributed by atoms with van der Waals surface area (Å²) in [6.45, 7) is 2.26. The van der Waals surface area contributed by atoms with Crippen LogP contribution in [0, 0.1) is 6.92 Å². The largest absolute Gasteiger partial charge is 0.308 e. The van der Waals surface area contributed by atoms with Crippen LogP contribution in [0.15, 0.2) is 76.3 Å². The van der Waals surface area contributed by atoms with Gasteiger partial charge in [-0.15, -0.1) is 0 Å². The van der Waals surface area contributed by atoms with Crippen molar-refractivity contribution in [2.24, 2.45) is 0 Å². The van der Waals surface area contributed by atoms with E-state index >= 15 is 0 Å². The van der Waals surface area contributed by atoms with Gasteiger partial charge >= 0.3 is 0 Å². The number of aromatic nitrogens is 3. The zero-order valence-electron chi connectivity index (χ0n) is 13.8. The van der Waals surface area contributed by atoms with Gasteiger partial charge in [0.2, 0.25) is 0 Å². The van der Waals surface area contributed by atoms with Gasteiger partial charge in [0.25, 0.3) is 11.1 Å². The lowest BCUT2D eigenvalue weighted by molar-refractivity contribution is 0.738. The van der Waals surface area contributed by atoms with Crippen molar-refractivity contribution in [2.75, 3.05) is 0 Å². The fourth-order valence-electron chi connectivity index (χ4n) is 3.13. The number of aryl methyl sites for hydroxylation is 1. The van der Waals surface area contributed by atoms with Gasteiger partial charge in [0.15, 0.2) is 0 Å². The maximum Gasteiger partial charge on any atom is 0.280 e. The Morgan fingerprint density at radius 2 is 1.56 bits per heavy atom. The van der Waals surface area contributed by atoms with Crippen molar-refractivity contribution in [3.05, 3.63) is 98.7 Å². The van der Waals surface area contributed by atoms with Crippen molar-refractivity contribution in [3.63, 3.8) is 0 Å². The highest BCUT2D eigenvalue weighted by Gasteiger charge is 2.15. The second-order valence-corrected chi connectivity index (χ2v) is 6.02. The minimum Gasteiger partial charge on any atom is -0.308 e. The third kappa shape index (κ3) is 2.59. The molecule has 1 N–H and O–H groups in total. The molecule has 124 valence electrons. The van der Waals surface area contributed by atoms with Crippen molar-refractivity contribution in [2.45, 2.75) is 13.5 Å². The lowest BCUT2D eigenvalue weighted by Gasteiger charge is -2.10. The molecule has 4 rings (SSSR count). The molecule has 0 radical (unpaired) electrons. The molecular formula is C20H17N3O2. The summed E-state index contributed by atoms with van der Waals surface area (Å²) in [6.07, 6.45) is 0. The molecule has 0 unspecified atom stereocenters. The van der Waals surface area contributed by atoms with Crippen molar-refractivity contribution in [1.82, 2.24) is 14.3 Å². The van der Waals surface area contributed by atoms with Crippen LogP contribution < -0.4 is 11.1 Å². The topological polar surface area (TPSA) is 59.8 Å². The summed E-state index contributed by atoms with van der Waals surface area (Å²) >= 11 is 0. The van der Waals surface area contributed by atoms with Crippen molar-refractivity contribution in [1.29, 1.82) is 0 Å². The number of aromatic amines is 1. The predicted octanol–water partition coefficient (Wildman–Crippen LogP) is 2.84. The van der Waals surface area contributed by atoms with Crippen LogP contribution in [0.5, 0.6) is 0 Å². The Labute approximate surface area is 143 Å². The van der Waals surface area contributed by atoms with Crippen LogP contribution >= 0.6 is 0 Å². The Balaban J connectivity index is 1.92. The molecule has 0 aliphatic heterocycles. The Kier molecular flexibility index (Phi) is 3.61. The first-order chi connectivity index (χ1) is 12.1. The SMILES string of the molecule is Cc1c2c(=O)n(-c3ccccc3)[nH]c2cc(=O)n1Cc1ccccc1. The zero-order chi connectivity index (χ0) is 17.4. The molecule has 5 heteroatoms.